The van der Waals surface area contributed by atoms with Crippen LogP contribution in [0.5, 0.6) is 0 Å². The summed E-state index contributed by atoms with van der Waals surface area (Å²) in [6.07, 6.45) is 5.30. The zero-order valence-electron chi connectivity index (χ0n) is 8.39. The molecule has 0 radical (unpaired) electrons. The zero-order chi connectivity index (χ0) is 10.6. The molecule has 4 heteroatoms. The van der Waals surface area contributed by atoms with Crippen LogP contribution in [0.3, 0.4) is 0 Å². The van der Waals surface area contributed by atoms with Crippen LogP contribution in [-0.4, -0.2) is 16.4 Å². The number of carbonyl (C=O) groups is 1. The summed E-state index contributed by atoms with van der Waals surface area (Å²) in [4.78, 5) is 10.6. The maximum Gasteiger partial charge on any atom is 0.310 e. The first kappa shape index (κ1) is 12.1. The Bertz CT molecular complexity index is 196. The first-order chi connectivity index (χ1) is 6.56. The van der Waals surface area contributed by atoms with Gasteiger partial charge < -0.3 is 4.74 Å². The second-order valence-electron chi connectivity index (χ2n) is 3.75. The largest absolute Gasteiger partial charge is 0.458 e. The fourth-order valence-corrected chi connectivity index (χ4v) is 2.00. The number of hydrogen-bond donors (Lipinski definition) is 0. The Morgan fingerprint density at radius 2 is 2.07 bits per heavy atom. The van der Waals surface area contributed by atoms with Gasteiger partial charge in [0.2, 0.25) is 0 Å². The number of cyclic esters (lactones) is 1. The Hall–Kier alpha value is 0.0500. The third kappa shape index (κ3) is 3.32. The first-order valence-electron chi connectivity index (χ1n) is 5.13. The van der Waals surface area contributed by atoms with E-state index in [1.54, 1.807) is 0 Å². The number of hydrogen-bond acceptors (Lipinski definition) is 2. The maximum absolute atomic E-state index is 10.6. The first-order valence-corrected chi connectivity index (χ1v) is 5.89. The Morgan fingerprint density at radius 3 is 2.57 bits per heavy atom. The molecule has 2 nitrogen and oxygen atoms in total. The standard InChI is InChI=1S/C10H16Cl2O2/c1-2-3-4-5-6-10(11,12)8-7-9(13)14-8/h8H,2-7H2,1H3/t8-/m1/s1. The van der Waals surface area contributed by atoms with Crippen LogP contribution in [0.4, 0.5) is 0 Å². The highest BCUT2D eigenvalue weighted by Crippen LogP contribution is 2.39. The lowest BCUT2D eigenvalue weighted by molar-refractivity contribution is -0.170. The topological polar surface area (TPSA) is 26.3 Å². The lowest BCUT2D eigenvalue weighted by Gasteiger charge is -2.35. The van der Waals surface area contributed by atoms with E-state index in [0.717, 1.165) is 12.8 Å². The van der Waals surface area contributed by atoms with Crippen LogP contribution in [0.1, 0.15) is 45.4 Å². The molecule has 0 spiro atoms. The monoisotopic (exact) mass is 238 g/mol. The number of halogens is 2. The molecular formula is C10H16Cl2O2. The van der Waals surface area contributed by atoms with Crippen molar-refractivity contribution in [1.82, 2.24) is 0 Å². The van der Waals surface area contributed by atoms with Crippen molar-refractivity contribution in [3.8, 4) is 0 Å². The van der Waals surface area contributed by atoms with E-state index in [1.807, 2.05) is 0 Å². The highest BCUT2D eigenvalue weighted by atomic mass is 35.5. The van der Waals surface area contributed by atoms with Gasteiger partial charge in [-0.25, -0.2) is 0 Å². The molecule has 1 saturated heterocycles. The quantitative estimate of drug-likeness (QED) is 0.403. The second-order valence-corrected chi connectivity index (χ2v) is 5.30. The van der Waals surface area contributed by atoms with Crippen LogP contribution in [-0.2, 0) is 9.53 Å². The van der Waals surface area contributed by atoms with E-state index < -0.39 is 4.33 Å². The summed E-state index contributed by atoms with van der Waals surface area (Å²) in [5, 5.41) is 0. The summed E-state index contributed by atoms with van der Waals surface area (Å²) >= 11 is 12.1. The van der Waals surface area contributed by atoms with E-state index >= 15 is 0 Å². The van der Waals surface area contributed by atoms with Crippen molar-refractivity contribution in [1.29, 1.82) is 0 Å². The molecule has 0 aliphatic carbocycles. The molecule has 1 heterocycles. The third-order valence-electron chi connectivity index (χ3n) is 2.46. The summed E-state index contributed by atoms with van der Waals surface area (Å²) in [5.41, 5.74) is 0. The number of esters is 1. The number of unbranched alkanes of at least 4 members (excludes halogenated alkanes) is 3. The highest BCUT2D eigenvalue weighted by Gasteiger charge is 2.44. The maximum atomic E-state index is 10.6. The Kier molecular flexibility index (Phi) is 4.52. The van der Waals surface area contributed by atoms with Gasteiger partial charge in [0.1, 0.15) is 6.10 Å². The molecule has 0 saturated carbocycles. The van der Waals surface area contributed by atoms with Crippen molar-refractivity contribution in [3.05, 3.63) is 0 Å². The minimum absolute atomic E-state index is 0.200. The van der Waals surface area contributed by atoms with Crippen LogP contribution < -0.4 is 0 Å². The van der Waals surface area contributed by atoms with Gasteiger partial charge in [0.05, 0.1) is 6.42 Å². The van der Waals surface area contributed by atoms with Crippen LogP contribution in [0.25, 0.3) is 0 Å². The highest BCUT2D eigenvalue weighted by molar-refractivity contribution is 6.49. The number of alkyl halides is 2. The molecule has 0 bridgehead atoms. The molecule has 14 heavy (non-hydrogen) atoms. The summed E-state index contributed by atoms with van der Waals surface area (Å²) < 4.78 is 3.98. The van der Waals surface area contributed by atoms with Gasteiger partial charge in [-0.1, -0.05) is 55.8 Å². The smallest absolute Gasteiger partial charge is 0.310 e. The Balaban J connectivity index is 2.17. The van der Waals surface area contributed by atoms with Gasteiger partial charge in [0.15, 0.2) is 4.33 Å². The van der Waals surface area contributed by atoms with E-state index in [-0.39, 0.29) is 12.1 Å². The molecular weight excluding hydrogens is 223 g/mol. The van der Waals surface area contributed by atoms with Gasteiger partial charge in [-0.15, -0.1) is 0 Å². The average molecular weight is 239 g/mol. The van der Waals surface area contributed by atoms with Crippen molar-refractivity contribution in [2.45, 2.75) is 55.9 Å². The van der Waals surface area contributed by atoms with Gasteiger partial charge in [-0.3, -0.25) is 4.79 Å². The van der Waals surface area contributed by atoms with Crippen LogP contribution >= 0.6 is 23.2 Å². The van der Waals surface area contributed by atoms with Crippen LogP contribution in [0.2, 0.25) is 0 Å². The van der Waals surface area contributed by atoms with Gasteiger partial charge >= 0.3 is 5.97 Å². The van der Waals surface area contributed by atoms with Crippen LogP contribution in [0, 0.1) is 0 Å². The molecule has 1 fully saturated rings. The summed E-state index contributed by atoms with van der Waals surface area (Å²) in [6, 6.07) is 0. The molecule has 1 aliphatic rings. The van der Waals surface area contributed by atoms with Crippen molar-refractivity contribution in [2.75, 3.05) is 0 Å². The van der Waals surface area contributed by atoms with Crippen molar-refractivity contribution < 1.29 is 9.53 Å². The molecule has 0 aromatic rings. The molecule has 0 unspecified atom stereocenters. The van der Waals surface area contributed by atoms with E-state index in [4.69, 9.17) is 27.9 Å². The molecule has 1 aliphatic heterocycles. The van der Waals surface area contributed by atoms with E-state index in [9.17, 15) is 4.79 Å². The SMILES string of the molecule is CCCCCCC(Cl)(Cl)[C@H]1CC(=O)O1. The van der Waals surface area contributed by atoms with E-state index in [0.29, 0.717) is 12.8 Å². The summed E-state index contributed by atoms with van der Waals surface area (Å²) in [5.74, 6) is -0.200. The van der Waals surface area contributed by atoms with Gasteiger partial charge in [-0.05, 0) is 6.42 Å². The van der Waals surface area contributed by atoms with Crippen molar-refractivity contribution in [2.24, 2.45) is 0 Å². The molecule has 0 N–H and O–H groups in total. The predicted molar refractivity (Wildman–Crippen MR) is 57.7 cm³/mol. The van der Waals surface area contributed by atoms with E-state index in [2.05, 4.69) is 6.92 Å². The van der Waals surface area contributed by atoms with Crippen molar-refractivity contribution in [3.63, 3.8) is 0 Å². The fourth-order valence-electron chi connectivity index (χ4n) is 1.48. The fraction of sp³-hybridized carbons (Fsp3) is 0.900. The van der Waals surface area contributed by atoms with Gasteiger partial charge in [0, 0.05) is 0 Å². The lowest BCUT2D eigenvalue weighted by atomic mass is 10.0. The average Bonchev–Trinajstić information content (AvgIpc) is 2.07. The Morgan fingerprint density at radius 1 is 1.43 bits per heavy atom. The number of carbonyl (C=O) groups excluding carboxylic acids is 1. The van der Waals surface area contributed by atoms with Gasteiger partial charge in [-0.2, -0.15) is 0 Å². The number of rotatable bonds is 6. The molecule has 0 aromatic carbocycles. The molecule has 0 aromatic heterocycles. The van der Waals surface area contributed by atoms with Crippen LogP contribution in [0.15, 0.2) is 0 Å². The molecule has 0 amide bonds. The molecule has 82 valence electrons. The minimum atomic E-state index is -0.873. The van der Waals surface area contributed by atoms with Crippen molar-refractivity contribution >= 4 is 29.2 Å². The zero-order valence-corrected chi connectivity index (χ0v) is 9.90. The van der Waals surface area contributed by atoms with E-state index in [1.165, 1.54) is 12.8 Å². The van der Waals surface area contributed by atoms with Gasteiger partial charge in [0.25, 0.3) is 0 Å². The minimum Gasteiger partial charge on any atom is -0.458 e. The second kappa shape index (κ2) is 5.22. The lowest BCUT2D eigenvalue weighted by Crippen LogP contribution is -2.45. The predicted octanol–water partition coefficient (Wildman–Crippen LogP) is 3.45. The molecule has 1 atom stereocenters. The summed E-state index contributed by atoms with van der Waals surface area (Å²) in [6.45, 7) is 2.16. The Labute approximate surface area is 94.9 Å². The molecule has 1 rings (SSSR count). The normalized spacial score (nSPS) is 21.6. The third-order valence-corrected chi connectivity index (χ3v) is 3.33. The number of ether oxygens (including phenoxy) is 1. The summed E-state index contributed by atoms with van der Waals surface area (Å²) in [7, 11) is 0.